The average molecular weight is 255 g/mol. The highest BCUT2D eigenvalue weighted by Gasteiger charge is 2.50. The Kier molecular flexibility index (Phi) is 3.73. The maximum atomic E-state index is 6.20. The molecule has 0 saturated carbocycles. The van der Waals surface area contributed by atoms with Crippen LogP contribution in [0.5, 0.6) is 0 Å². The van der Waals surface area contributed by atoms with Gasteiger partial charge in [0.25, 0.3) is 0 Å². The van der Waals surface area contributed by atoms with Gasteiger partial charge in [-0.1, -0.05) is 30.3 Å². The van der Waals surface area contributed by atoms with Gasteiger partial charge in [0.2, 0.25) is 0 Å². The first-order valence-corrected chi connectivity index (χ1v) is 5.88. The number of hydrogen-bond donors (Lipinski definition) is 1. The lowest BCUT2D eigenvalue weighted by Gasteiger charge is -2.40. The molecule has 2 heterocycles. The molecule has 17 heavy (non-hydrogen) atoms. The summed E-state index contributed by atoms with van der Waals surface area (Å²) in [7, 11) is 0. The topological polar surface area (TPSA) is 38.5 Å². The van der Waals surface area contributed by atoms with Gasteiger partial charge in [0.05, 0.1) is 13.2 Å². The summed E-state index contributed by atoms with van der Waals surface area (Å²) in [5.74, 6) is 0. The smallest absolute Gasteiger partial charge is 0.0572 e. The Hall–Kier alpha value is -0.610. The van der Waals surface area contributed by atoms with E-state index >= 15 is 0 Å². The quantitative estimate of drug-likeness (QED) is 0.864. The van der Waals surface area contributed by atoms with Crippen molar-refractivity contribution in [2.45, 2.75) is 12.6 Å². The number of nitrogens with zero attached hydrogens (tertiary/aromatic N) is 1. The molecule has 0 bridgehead atoms. The number of nitrogens with two attached hydrogens (primary N) is 1. The fraction of sp³-hybridized carbons (Fsp3) is 0.538. The Morgan fingerprint density at radius 3 is 2.53 bits per heavy atom. The lowest BCUT2D eigenvalue weighted by Crippen LogP contribution is -2.54. The molecule has 1 atom stereocenters. The van der Waals surface area contributed by atoms with E-state index in [0.29, 0.717) is 0 Å². The summed E-state index contributed by atoms with van der Waals surface area (Å²) in [6.45, 7) is 4.79. The first-order chi connectivity index (χ1) is 7.78. The second-order valence-corrected chi connectivity index (χ2v) is 5.12. The van der Waals surface area contributed by atoms with Crippen LogP contribution in [0.3, 0.4) is 0 Å². The molecule has 1 aromatic carbocycles. The predicted molar refractivity (Wildman–Crippen MR) is 70.2 cm³/mol. The Balaban J connectivity index is 0.00000108. The van der Waals surface area contributed by atoms with Gasteiger partial charge in [0.15, 0.2) is 0 Å². The highest BCUT2D eigenvalue weighted by Crippen LogP contribution is 2.37. The van der Waals surface area contributed by atoms with E-state index in [1.54, 1.807) is 0 Å². The minimum Gasteiger partial charge on any atom is -0.380 e. The van der Waals surface area contributed by atoms with Crippen molar-refractivity contribution in [1.29, 1.82) is 0 Å². The van der Waals surface area contributed by atoms with Gasteiger partial charge in [0.1, 0.15) is 0 Å². The molecule has 1 spiro atoms. The van der Waals surface area contributed by atoms with E-state index in [1.807, 2.05) is 0 Å². The fourth-order valence-corrected chi connectivity index (χ4v) is 2.73. The van der Waals surface area contributed by atoms with E-state index in [2.05, 4.69) is 35.2 Å². The zero-order valence-corrected chi connectivity index (χ0v) is 10.7. The van der Waals surface area contributed by atoms with Gasteiger partial charge in [-0.25, -0.2) is 0 Å². The molecule has 0 radical (unpaired) electrons. The van der Waals surface area contributed by atoms with Crippen molar-refractivity contribution >= 4 is 12.4 Å². The Labute approximate surface area is 108 Å². The Bertz CT molecular complexity index is 367. The lowest BCUT2D eigenvalue weighted by atomic mass is 9.82. The van der Waals surface area contributed by atoms with Gasteiger partial charge >= 0.3 is 0 Å². The highest BCUT2D eigenvalue weighted by molar-refractivity contribution is 5.85. The first-order valence-electron chi connectivity index (χ1n) is 5.88. The molecule has 2 saturated heterocycles. The minimum absolute atomic E-state index is 0. The largest absolute Gasteiger partial charge is 0.380 e. The molecule has 0 aliphatic carbocycles. The summed E-state index contributed by atoms with van der Waals surface area (Å²) in [6, 6.07) is 10.9. The van der Waals surface area contributed by atoms with Crippen LogP contribution in [0.15, 0.2) is 30.3 Å². The molecule has 94 valence electrons. The zero-order chi connectivity index (χ0) is 11.0. The molecule has 2 aliphatic heterocycles. The van der Waals surface area contributed by atoms with Gasteiger partial charge in [-0.2, -0.15) is 0 Å². The SMILES string of the molecule is Cl.NC1CN(Cc2ccccc2)CC12COC2. The number of benzene rings is 1. The van der Waals surface area contributed by atoms with Gasteiger partial charge in [-0.15, -0.1) is 12.4 Å². The number of halogens is 1. The summed E-state index contributed by atoms with van der Waals surface area (Å²) in [6.07, 6.45) is 0. The third-order valence-electron chi connectivity index (χ3n) is 3.81. The molecule has 3 rings (SSSR count). The predicted octanol–water partition coefficient (Wildman–Crippen LogP) is 1.27. The molecule has 2 aliphatic rings. The molecule has 1 unspecified atom stereocenters. The number of rotatable bonds is 2. The van der Waals surface area contributed by atoms with Crippen LogP contribution < -0.4 is 5.73 Å². The normalized spacial score (nSPS) is 26.5. The summed E-state index contributed by atoms with van der Waals surface area (Å²) >= 11 is 0. The van der Waals surface area contributed by atoms with Crippen molar-refractivity contribution in [3.63, 3.8) is 0 Å². The van der Waals surface area contributed by atoms with Crippen LogP contribution in [0.25, 0.3) is 0 Å². The summed E-state index contributed by atoms with van der Waals surface area (Å²) in [4.78, 5) is 2.45. The summed E-state index contributed by atoms with van der Waals surface area (Å²) < 4.78 is 5.32. The zero-order valence-electron chi connectivity index (χ0n) is 9.84. The van der Waals surface area contributed by atoms with E-state index in [9.17, 15) is 0 Å². The second-order valence-electron chi connectivity index (χ2n) is 5.12. The van der Waals surface area contributed by atoms with Crippen molar-refractivity contribution in [1.82, 2.24) is 4.90 Å². The summed E-state index contributed by atoms with van der Waals surface area (Å²) in [5, 5.41) is 0. The molecule has 0 amide bonds. The molecule has 2 fully saturated rings. The monoisotopic (exact) mass is 254 g/mol. The maximum absolute atomic E-state index is 6.20. The second kappa shape index (κ2) is 4.94. The first kappa shape index (κ1) is 12.8. The standard InChI is InChI=1S/C13H18N2O.ClH/c14-12-7-15(8-13(12)9-16-10-13)6-11-4-2-1-3-5-11;/h1-5,12H,6-10,14H2;1H. The van der Waals surface area contributed by atoms with E-state index in [1.165, 1.54) is 5.56 Å². The Morgan fingerprint density at radius 1 is 1.29 bits per heavy atom. The molecule has 0 aromatic heterocycles. The molecule has 1 aromatic rings. The van der Waals surface area contributed by atoms with Crippen molar-refractivity contribution < 1.29 is 4.74 Å². The number of likely N-dealkylation sites (tertiary alicyclic amines) is 1. The van der Waals surface area contributed by atoms with Gasteiger partial charge < -0.3 is 10.5 Å². The van der Waals surface area contributed by atoms with Crippen LogP contribution in [0.1, 0.15) is 5.56 Å². The average Bonchev–Trinajstić information content (AvgIpc) is 2.56. The molecular weight excluding hydrogens is 236 g/mol. The minimum atomic E-state index is 0. The maximum Gasteiger partial charge on any atom is 0.0572 e. The molecule has 4 heteroatoms. The van der Waals surface area contributed by atoms with Crippen molar-refractivity contribution in [3.05, 3.63) is 35.9 Å². The molecular formula is C13H19ClN2O. The van der Waals surface area contributed by atoms with Crippen LogP contribution in [0.2, 0.25) is 0 Å². The van der Waals surface area contributed by atoms with Crippen LogP contribution >= 0.6 is 12.4 Å². The number of hydrogen-bond acceptors (Lipinski definition) is 3. The van der Waals surface area contributed by atoms with Crippen LogP contribution in [-0.2, 0) is 11.3 Å². The van der Waals surface area contributed by atoms with Crippen molar-refractivity contribution in [3.8, 4) is 0 Å². The highest BCUT2D eigenvalue weighted by atomic mass is 35.5. The van der Waals surface area contributed by atoms with Crippen LogP contribution in [0, 0.1) is 5.41 Å². The lowest BCUT2D eigenvalue weighted by molar-refractivity contribution is -0.112. The van der Waals surface area contributed by atoms with Gasteiger partial charge in [0, 0.05) is 31.1 Å². The number of ether oxygens (including phenoxy) is 1. The van der Waals surface area contributed by atoms with Crippen LogP contribution in [-0.4, -0.2) is 37.2 Å². The fourth-order valence-electron chi connectivity index (χ4n) is 2.73. The third-order valence-corrected chi connectivity index (χ3v) is 3.81. The van der Waals surface area contributed by atoms with Crippen molar-refractivity contribution in [2.75, 3.05) is 26.3 Å². The van der Waals surface area contributed by atoms with Gasteiger partial charge in [-0.3, -0.25) is 4.90 Å². The van der Waals surface area contributed by atoms with E-state index in [4.69, 9.17) is 10.5 Å². The molecule has 2 N–H and O–H groups in total. The van der Waals surface area contributed by atoms with Crippen LogP contribution in [0.4, 0.5) is 0 Å². The summed E-state index contributed by atoms with van der Waals surface area (Å²) in [5.41, 5.74) is 7.82. The molecule has 3 nitrogen and oxygen atoms in total. The van der Waals surface area contributed by atoms with Gasteiger partial charge in [-0.05, 0) is 5.56 Å². The van der Waals surface area contributed by atoms with E-state index in [-0.39, 0.29) is 23.9 Å². The van der Waals surface area contributed by atoms with Crippen molar-refractivity contribution in [2.24, 2.45) is 11.1 Å². The van der Waals surface area contributed by atoms with E-state index in [0.717, 1.165) is 32.8 Å². The van der Waals surface area contributed by atoms with E-state index < -0.39 is 0 Å². The third kappa shape index (κ3) is 2.33. The Morgan fingerprint density at radius 2 is 2.00 bits per heavy atom.